The lowest BCUT2D eigenvalue weighted by atomic mass is 10.3. The Bertz CT molecular complexity index is 813. The van der Waals surface area contributed by atoms with Gasteiger partial charge >= 0.3 is 0 Å². The van der Waals surface area contributed by atoms with Crippen molar-refractivity contribution in [2.45, 2.75) is 26.8 Å². The molecule has 3 heterocycles. The molecular weight excluding hydrogens is 298 g/mol. The van der Waals surface area contributed by atoms with Crippen molar-refractivity contribution < 1.29 is 4.79 Å². The SMILES string of the molecule is Cc1ccsc1C(=O)NCCCn1ncc2c1c(C)nn2C. The van der Waals surface area contributed by atoms with Crippen LogP contribution in [-0.4, -0.2) is 32.0 Å². The highest BCUT2D eigenvalue weighted by Gasteiger charge is 2.12. The highest BCUT2D eigenvalue weighted by Crippen LogP contribution is 2.17. The predicted octanol–water partition coefficient (Wildman–Crippen LogP) is 2.27. The summed E-state index contributed by atoms with van der Waals surface area (Å²) in [5.41, 5.74) is 4.12. The summed E-state index contributed by atoms with van der Waals surface area (Å²) in [4.78, 5) is 12.8. The lowest BCUT2D eigenvalue weighted by molar-refractivity contribution is 0.0956. The molecule has 1 amide bonds. The minimum atomic E-state index is 0.00988. The fraction of sp³-hybridized carbons (Fsp3) is 0.400. The van der Waals surface area contributed by atoms with Crippen LogP contribution in [0.15, 0.2) is 17.6 Å². The Morgan fingerprint density at radius 2 is 2.23 bits per heavy atom. The minimum absolute atomic E-state index is 0.00988. The smallest absolute Gasteiger partial charge is 0.261 e. The Hall–Kier alpha value is -2.15. The summed E-state index contributed by atoms with van der Waals surface area (Å²) in [6.07, 6.45) is 2.67. The molecule has 0 aliphatic rings. The van der Waals surface area contributed by atoms with Crippen LogP contribution in [0, 0.1) is 13.8 Å². The van der Waals surface area contributed by atoms with E-state index < -0.39 is 0 Å². The number of hydrogen-bond donors (Lipinski definition) is 1. The molecule has 0 atom stereocenters. The number of fused-ring (bicyclic) bond motifs is 1. The van der Waals surface area contributed by atoms with E-state index in [1.165, 1.54) is 11.3 Å². The van der Waals surface area contributed by atoms with E-state index >= 15 is 0 Å². The Labute approximate surface area is 132 Å². The monoisotopic (exact) mass is 317 g/mol. The highest BCUT2D eigenvalue weighted by molar-refractivity contribution is 7.12. The third kappa shape index (κ3) is 2.64. The molecule has 0 aliphatic heterocycles. The van der Waals surface area contributed by atoms with Crippen molar-refractivity contribution >= 4 is 28.3 Å². The van der Waals surface area contributed by atoms with Crippen molar-refractivity contribution in [3.05, 3.63) is 33.8 Å². The summed E-state index contributed by atoms with van der Waals surface area (Å²) in [5.74, 6) is 0.00988. The first-order valence-corrected chi connectivity index (χ1v) is 8.13. The number of carbonyl (C=O) groups excluding carboxylic acids is 1. The van der Waals surface area contributed by atoms with Gasteiger partial charge in [-0.15, -0.1) is 11.3 Å². The normalized spacial score (nSPS) is 11.2. The van der Waals surface area contributed by atoms with E-state index in [0.29, 0.717) is 6.54 Å². The predicted molar refractivity (Wildman–Crippen MR) is 87.2 cm³/mol. The number of nitrogens with zero attached hydrogens (tertiary/aromatic N) is 4. The molecule has 0 radical (unpaired) electrons. The van der Waals surface area contributed by atoms with Crippen LogP contribution < -0.4 is 5.32 Å². The summed E-state index contributed by atoms with van der Waals surface area (Å²) >= 11 is 1.48. The zero-order valence-corrected chi connectivity index (χ0v) is 13.8. The summed E-state index contributed by atoms with van der Waals surface area (Å²) in [6.45, 7) is 5.34. The molecule has 1 N–H and O–H groups in total. The Morgan fingerprint density at radius 1 is 1.41 bits per heavy atom. The number of amides is 1. The van der Waals surface area contributed by atoms with E-state index in [-0.39, 0.29) is 5.91 Å². The van der Waals surface area contributed by atoms with E-state index in [1.807, 2.05) is 47.9 Å². The van der Waals surface area contributed by atoms with E-state index in [1.54, 1.807) is 0 Å². The average Bonchev–Trinajstić information content (AvgIpc) is 3.15. The maximum atomic E-state index is 12.0. The molecule has 3 aromatic heterocycles. The van der Waals surface area contributed by atoms with Gasteiger partial charge in [0.15, 0.2) is 0 Å². The molecule has 0 aromatic carbocycles. The zero-order valence-electron chi connectivity index (χ0n) is 13.0. The summed E-state index contributed by atoms with van der Waals surface area (Å²) in [5, 5.41) is 13.7. The van der Waals surface area contributed by atoms with Crippen molar-refractivity contribution in [1.82, 2.24) is 24.9 Å². The second-order valence-corrected chi connectivity index (χ2v) is 6.27. The number of thiophene rings is 1. The van der Waals surface area contributed by atoms with Gasteiger partial charge in [0.1, 0.15) is 11.0 Å². The van der Waals surface area contributed by atoms with Crippen LogP contribution in [-0.2, 0) is 13.6 Å². The summed E-state index contributed by atoms with van der Waals surface area (Å²) in [6, 6.07) is 1.96. The van der Waals surface area contributed by atoms with Crippen molar-refractivity contribution in [1.29, 1.82) is 0 Å². The van der Waals surface area contributed by atoms with Crippen molar-refractivity contribution in [3.63, 3.8) is 0 Å². The maximum Gasteiger partial charge on any atom is 0.261 e. The Morgan fingerprint density at radius 3 is 2.95 bits per heavy atom. The van der Waals surface area contributed by atoms with Crippen LogP contribution in [0.2, 0.25) is 0 Å². The quantitative estimate of drug-likeness (QED) is 0.734. The van der Waals surface area contributed by atoms with E-state index in [0.717, 1.165) is 40.1 Å². The van der Waals surface area contributed by atoms with Gasteiger partial charge in [-0.1, -0.05) is 0 Å². The number of rotatable bonds is 5. The summed E-state index contributed by atoms with van der Waals surface area (Å²) in [7, 11) is 1.92. The molecule has 0 unspecified atom stereocenters. The topological polar surface area (TPSA) is 64.7 Å². The van der Waals surface area contributed by atoms with Crippen molar-refractivity contribution in [3.8, 4) is 0 Å². The fourth-order valence-electron chi connectivity index (χ4n) is 2.60. The van der Waals surface area contributed by atoms with Crippen molar-refractivity contribution in [2.75, 3.05) is 6.54 Å². The lowest BCUT2D eigenvalue weighted by Gasteiger charge is -2.05. The molecule has 116 valence electrons. The van der Waals surface area contributed by atoms with Gasteiger partial charge in [0.2, 0.25) is 0 Å². The standard InChI is InChI=1S/C15H19N5OS/c1-10-5-8-22-14(10)15(21)16-6-4-7-20-13-11(2)18-19(3)12(13)9-17-20/h5,8-9H,4,6-7H2,1-3H3,(H,16,21). The van der Waals surface area contributed by atoms with Gasteiger partial charge in [0.25, 0.3) is 5.91 Å². The number of carbonyl (C=O) groups is 1. The highest BCUT2D eigenvalue weighted by atomic mass is 32.1. The third-order valence-electron chi connectivity index (χ3n) is 3.71. The van der Waals surface area contributed by atoms with Crippen LogP contribution in [0.25, 0.3) is 11.0 Å². The van der Waals surface area contributed by atoms with Gasteiger partial charge in [-0.05, 0) is 37.3 Å². The molecule has 22 heavy (non-hydrogen) atoms. The van der Waals surface area contributed by atoms with E-state index in [9.17, 15) is 4.79 Å². The fourth-order valence-corrected chi connectivity index (χ4v) is 3.44. The molecule has 0 saturated heterocycles. The Balaban J connectivity index is 1.57. The molecule has 0 aliphatic carbocycles. The van der Waals surface area contributed by atoms with E-state index in [4.69, 9.17) is 0 Å². The number of aromatic nitrogens is 4. The van der Waals surface area contributed by atoms with Crippen molar-refractivity contribution in [2.24, 2.45) is 7.05 Å². The van der Waals surface area contributed by atoms with Crippen LogP contribution >= 0.6 is 11.3 Å². The zero-order chi connectivity index (χ0) is 15.7. The molecule has 3 rings (SSSR count). The maximum absolute atomic E-state index is 12.0. The first-order valence-electron chi connectivity index (χ1n) is 7.25. The molecule has 3 aromatic rings. The number of hydrogen-bond acceptors (Lipinski definition) is 4. The van der Waals surface area contributed by atoms with Crippen LogP contribution in [0.3, 0.4) is 0 Å². The summed E-state index contributed by atoms with van der Waals surface area (Å²) < 4.78 is 3.80. The molecular formula is C15H19N5OS. The largest absolute Gasteiger partial charge is 0.351 e. The average molecular weight is 317 g/mol. The molecule has 6 nitrogen and oxygen atoms in total. The van der Waals surface area contributed by atoms with E-state index in [2.05, 4.69) is 15.5 Å². The molecule has 0 fully saturated rings. The van der Waals surface area contributed by atoms with Gasteiger partial charge < -0.3 is 5.32 Å². The molecule has 0 spiro atoms. The number of aryl methyl sites for hydroxylation is 4. The van der Waals surface area contributed by atoms with Gasteiger partial charge in [-0.3, -0.25) is 14.2 Å². The van der Waals surface area contributed by atoms with Crippen LogP contribution in [0.5, 0.6) is 0 Å². The second-order valence-electron chi connectivity index (χ2n) is 5.35. The molecule has 7 heteroatoms. The first-order chi connectivity index (χ1) is 10.6. The minimum Gasteiger partial charge on any atom is -0.351 e. The molecule has 0 bridgehead atoms. The lowest BCUT2D eigenvalue weighted by Crippen LogP contribution is -2.25. The van der Waals surface area contributed by atoms with Gasteiger partial charge in [-0.25, -0.2) is 0 Å². The van der Waals surface area contributed by atoms with Gasteiger partial charge in [-0.2, -0.15) is 10.2 Å². The van der Waals surface area contributed by atoms with Gasteiger partial charge in [0, 0.05) is 20.1 Å². The first kappa shape index (κ1) is 14.8. The molecule has 0 saturated carbocycles. The van der Waals surface area contributed by atoms with Crippen LogP contribution in [0.4, 0.5) is 0 Å². The Kier molecular flexibility index (Phi) is 3.98. The second kappa shape index (κ2) is 5.92. The van der Waals surface area contributed by atoms with Crippen LogP contribution in [0.1, 0.15) is 27.3 Å². The number of nitrogens with one attached hydrogen (secondary N) is 1. The third-order valence-corrected chi connectivity index (χ3v) is 4.73. The van der Waals surface area contributed by atoms with Gasteiger partial charge in [0.05, 0.1) is 16.8 Å².